The van der Waals surface area contributed by atoms with E-state index in [1.165, 1.54) is 5.56 Å². The van der Waals surface area contributed by atoms with Crippen molar-refractivity contribution in [2.45, 2.75) is 12.6 Å². The van der Waals surface area contributed by atoms with Crippen LogP contribution in [0.3, 0.4) is 0 Å². The minimum atomic E-state index is -0.429. The molecule has 134 valence electrons. The van der Waals surface area contributed by atoms with Gasteiger partial charge in [0, 0.05) is 11.9 Å². The molecule has 0 radical (unpaired) electrons. The first kappa shape index (κ1) is 16.9. The number of carbonyl (C=O) groups is 1. The molecule has 0 spiro atoms. The van der Waals surface area contributed by atoms with E-state index in [9.17, 15) is 4.79 Å². The second kappa shape index (κ2) is 7.35. The molecule has 1 fully saturated rings. The number of thiophene rings is 1. The number of benzene rings is 1. The van der Waals surface area contributed by atoms with Gasteiger partial charge in [-0.05, 0) is 46.1 Å². The largest absolute Gasteiger partial charge is 0.487 e. The van der Waals surface area contributed by atoms with Gasteiger partial charge in [0.25, 0.3) is 0 Å². The van der Waals surface area contributed by atoms with Gasteiger partial charge in [0.1, 0.15) is 23.7 Å². The highest BCUT2D eigenvalue weighted by Gasteiger charge is 2.23. The van der Waals surface area contributed by atoms with Crippen LogP contribution in [0.2, 0.25) is 5.28 Å². The molecule has 1 aromatic carbocycles. The molecule has 1 unspecified atom stereocenters. The third-order valence-electron chi connectivity index (χ3n) is 3.87. The number of alkyl carbamates (subject to hydrolysis) is 1. The van der Waals surface area contributed by atoms with Gasteiger partial charge in [-0.25, -0.2) is 14.8 Å². The Labute approximate surface area is 158 Å². The van der Waals surface area contributed by atoms with E-state index in [0.29, 0.717) is 30.2 Å². The summed E-state index contributed by atoms with van der Waals surface area (Å²) in [6.45, 7) is 1.30. The highest BCUT2D eigenvalue weighted by Crippen LogP contribution is 2.30. The SMILES string of the molecule is O=C1NCC(COc2cccc3c(NCc4ccsc4)nc(Cl)nc23)O1. The van der Waals surface area contributed by atoms with Gasteiger partial charge < -0.3 is 20.1 Å². The average molecular weight is 391 g/mol. The molecule has 0 saturated carbocycles. The fraction of sp³-hybridized carbons (Fsp3) is 0.235. The normalized spacial score (nSPS) is 16.3. The van der Waals surface area contributed by atoms with E-state index in [4.69, 9.17) is 21.1 Å². The van der Waals surface area contributed by atoms with Gasteiger partial charge in [-0.2, -0.15) is 11.3 Å². The maximum Gasteiger partial charge on any atom is 0.407 e. The summed E-state index contributed by atoms with van der Waals surface area (Å²) in [5, 5.41) is 10.9. The Morgan fingerprint density at radius 3 is 3.08 bits per heavy atom. The minimum absolute atomic E-state index is 0.135. The smallest absolute Gasteiger partial charge is 0.407 e. The van der Waals surface area contributed by atoms with Gasteiger partial charge in [0.15, 0.2) is 6.10 Å². The van der Waals surface area contributed by atoms with Gasteiger partial charge >= 0.3 is 6.09 Å². The molecule has 26 heavy (non-hydrogen) atoms. The van der Waals surface area contributed by atoms with Gasteiger partial charge in [-0.15, -0.1) is 0 Å². The molecular formula is C17H15ClN4O3S. The quantitative estimate of drug-likeness (QED) is 0.627. The summed E-state index contributed by atoms with van der Waals surface area (Å²) in [4.78, 5) is 19.7. The Morgan fingerprint density at radius 1 is 1.38 bits per heavy atom. The number of carbonyl (C=O) groups excluding carboxylic acids is 1. The molecule has 1 amide bonds. The number of fused-ring (bicyclic) bond motifs is 1. The zero-order chi connectivity index (χ0) is 17.9. The van der Waals surface area contributed by atoms with Crippen LogP contribution in [0.4, 0.5) is 10.6 Å². The third-order valence-corrected chi connectivity index (χ3v) is 4.78. The summed E-state index contributed by atoms with van der Waals surface area (Å²) < 4.78 is 10.9. The number of nitrogens with one attached hydrogen (secondary N) is 2. The van der Waals surface area contributed by atoms with Crippen molar-refractivity contribution in [3.05, 3.63) is 45.9 Å². The number of ether oxygens (including phenoxy) is 2. The molecule has 1 saturated heterocycles. The first-order valence-corrected chi connectivity index (χ1v) is 9.29. The number of para-hydroxylation sites is 1. The number of halogens is 1. The number of hydrogen-bond donors (Lipinski definition) is 2. The van der Waals surface area contributed by atoms with Crippen LogP contribution in [0.1, 0.15) is 5.56 Å². The minimum Gasteiger partial charge on any atom is -0.487 e. The number of hydrogen-bond acceptors (Lipinski definition) is 7. The van der Waals surface area contributed by atoms with Gasteiger partial charge in [0.05, 0.1) is 6.54 Å². The maximum atomic E-state index is 11.1. The second-order valence-corrected chi connectivity index (χ2v) is 6.82. The lowest BCUT2D eigenvalue weighted by molar-refractivity contribution is 0.105. The van der Waals surface area contributed by atoms with Crippen molar-refractivity contribution in [2.75, 3.05) is 18.5 Å². The highest BCUT2D eigenvalue weighted by atomic mass is 35.5. The van der Waals surface area contributed by atoms with Crippen molar-refractivity contribution in [3.8, 4) is 5.75 Å². The highest BCUT2D eigenvalue weighted by molar-refractivity contribution is 7.07. The summed E-state index contributed by atoms with van der Waals surface area (Å²) in [6.07, 6.45) is -0.756. The first-order chi connectivity index (χ1) is 12.7. The molecule has 4 rings (SSSR count). The topological polar surface area (TPSA) is 85.4 Å². The molecule has 1 atom stereocenters. The van der Waals surface area contributed by atoms with Gasteiger partial charge in [-0.1, -0.05) is 6.07 Å². The number of aromatic nitrogens is 2. The molecule has 1 aliphatic heterocycles. The number of rotatable bonds is 6. The number of anilines is 1. The van der Waals surface area contributed by atoms with Crippen LogP contribution in [0, 0.1) is 0 Å². The summed E-state index contributed by atoms with van der Waals surface area (Å²) in [6, 6.07) is 7.63. The van der Waals surface area contributed by atoms with E-state index in [2.05, 4.69) is 26.0 Å². The van der Waals surface area contributed by atoms with Crippen molar-refractivity contribution in [1.82, 2.24) is 15.3 Å². The summed E-state index contributed by atoms with van der Waals surface area (Å²) in [5.74, 6) is 1.21. The predicted octanol–water partition coefficient (Wildman–Crippen LogP) is 3.44. The Kier molecular flexibility index (Phi) is 4.77. The van der Waals surface area contributed by atoms with Crippen LogP contribution >= 0.6 is 22.9 Å². The predicted molar refractivity (Wildman–Crippen MR) is 100.0 cm³/mol. The molecule has 3 heterocycles. The van der Waals surface area contributed by atoms with E-state index in [1.807, 2.05) is 23.6 Å². The van der Waals surface area contributed by atoms with Crippen molar-refractivity contribution in [2.24, 2.45) is 0 Å². The van der Waals surface area contributed by atoms with Crippen molar-refractivity contribution >= 4 is 45.8 Å². The molecule has 9 heteroatoms. The molecule has 2 aromatic heterocycles. The maximum absolute atomic E-state index is 11.1. The van der Waals surface area contributed by atoms with E-state index in [0.717, 1.165) is 5.39 Å². The lowest BCUT2D eigenvalue weighted by atomic mass is 10.2. The summed E-state index contributed by atoms with van der Waals surface area (Å²) in [7, 11) is 0. The van der Waals surface area contributed by atoms with E-state index < -0.39 is 6.09 Å². The molecule has 7 nitrogen and oxygen atoms in total. The average Bonchev–Trinajstić information content (AvgIpc) is 3.29. The van der Waals surface area contributed by atoms with Crippen LogP contribution in [0.25, 0.3) is 10.9 Å². The fourth-order valence-electron chi connectivity index (χ4n) is 2.64. The fourth-order valence-corrected chi connectivity index (χ4v) is 3.47. The third kappa shape index (κ3) is 3.66. The molecule has 1 aliphatic rings. The van der Waals surface area contributed by atoms with Crippen molar-refractivity contribution in [3.63, 3.8) is 0 Å². The standard InChI is InChI=1S/C17H15ClN4O3S/c18-16-21-14-12(15(22-16)19-6-10-4-5-26-9-10)2-1-3-13(14)24-8-11-7-20-17(23)25-11/h1-5,9,11H,6-8H2,(H,20,23)(H,19,21,22). The molecule has 3 aromatic rings. The number of nitrogens with zero attached hydrogens (tertiary/aromatic N) is 2. The number of cyclic esters (lactones) is 1. The molecule has 0 aliphatic carbocycles. The van der Waals surface area contributed by atoms with Gasteiger partial charge in [-0.3, -0.25) is 0 Å². The van der Waals surface area contributed by atoms with Crippen molar-refractivity contribution < 1.29 is 14.3 Å². The lowest BCUT2D eigenvalue weighted by Crippen LogP contribution is -2.22. The number of amides is 1. The van der Waals surface area contributed by atoms with Crippen molar-refractivity contribution in [1.29, 1.82) is 0 Å². The Balaban J connectivity index is 1.57. The van der Waals surface area contributed by atoms with E-state index >= 15 is 0 Å². The van der Waals surface area contributed by atoms with Crippen LogP contribution in [-0.2, 0) is 11.3 Å². The first-order valence-electron chi connectivity index (χ1n) is 7.97. The van der Waals surface area contributed by atoms with Crippen LogP contribution in [0.15, 0.2) is 35.0 Å². The summed E-state index contributed by atoms with van der Waals surface area (Å²) in [5.41, 5.74) is 1.78. The van der Waals surface area contributed by atoms with Crippen LogP contribution < -0.4 is 15.4 Å². The monoisotopic (exact) mass is 390 g/mol. The Bertz CT molecular complexity index is 935. The zero-order valence-corrected chi connectivity index (χ0v) is 15.1. The Morgan fingerprint density at radius 2 is 2.31 bits per heavy atom. The van der Waals surface area contributed by atoms with E-state index in [1.54, 1.807) is 17.4 Å². The lowest BCUT2D eigenvalue weighted by Gasteiger charge is -2.13. The van der Waals surface area contributed by atoms with E-state index in [-0.39, 0.29) is 18.0 Å². The molecule has 0 bridgehead atoms. The van der Waals surface area contributed by atoms with Gasteiger partial charge in [0.2, 0.25) is 5.28 Å². The summed E-state index contributed by atoms with van der Waals surface area (Å²) >= 11 is 7.75. The second-order valence-electron chi connectivity index (χ2n) is 5.70. The van der Waals surface area contributed by atoms with Crippen LogP contribution in [-0.4, -0.2) is 35.3 Å². The molecular weight excluding hydrogens is 376 g/mol. The van der Waals surface area contributed by atoms with Crippen LogP contribution in [0.5, 0.6) is 5.75 Å². The zero-order valence-electron chi connectivity index (χ0n) is 13.6. The Hall–Kier alpha value is -2.58. The molecule has 2 N–H and O–H groups in total.